The van der Waals surface area contributed by atoms with Gasteiger partial charge in [-0.1, -0.05) is 32.0 Å². The Labute approximate surface area is 109 Å². The number of anilines is 1. The van der Waals surface area contributed by atoms with E-state index in [0.717, 1.165) is 25.3 Å². The Morgan fingerprint density at radius 1 is 1.28 bits per heavy atom. The Balaban J connectivity index is 2.28. The number of carbonyl (C=O) groups is 1. The standard InChI is InChI=1S/C15H22N2O/c1-12(2)10-15(18)17-9-8-16(3)11-13-6-4-5-7-14(13)17/h4-7,12H,8-11H2,1-3H3. The van der Waals surface area contributed by atoms with Crippen LogP contribution in [0.4, 0.5) is 5.69 Å². The van der Waals surface area contributed by atoms with E-state index in [-0.39, 0.29) is 5.91 Å². The van der Waals surface area contributed by atoms with E-state index in [1.165, 1.54) is 5.56 Å². The minimum absolute atomic E-state index is 0.243. The molecule has 2 rings (SSSR count). The average molecular weight is 246 g/mol. The van der Waals surface area contributed by atoms with Gasteiger partial charge in [-0.25, -0.2) is 0 Å². The van der Waals surface area contributed by atoms with Gasteiger partial charge in [0.25, 0.3) is 0 Å². The van der Waals surface area contributed by atoms with Gasteiger partial charge in [-0.3, -0.25) is 4.79 Å². The molecule has 0 N–H and O–H groups in total. The number of para-hydroxylation sites is 1. The van der Waals surface area contributed by atoms with Gasteiger partial charge in [0.1, 0.15) is 0 Å². The summed E-state index contributed by atoms with van der Waals surface area (Å²) in [4.78, 5) is 16.6. The summed E-state index contributed by atoms with van der Waals surface area (Å²) in [6, 6.07) is 8.24. The van der Waals surface area contributed by atoms with Gasteiger partial charge in [0, 0.05) is 31.7 Å². The summed E-state index contributed by atoms with van der Waals surface area (Å²) in [7, 11) is 2.10. The Bertz CT molecular complexity index is 428. The number of hydrogen-bond donors (Lipinski definition) is 0. The van der Waals surface area contributed by atoms with Crippen molar-refractivity contribution in [3.63, 3.8) is 0 Å². The van der Waals surface area contributed by atoms with E-state index in [1.54, 1.807) is 0 Å². The summed E-state index contributed by atoms with van der Waals surface area (Å²) in [6.45, 7) is 6.82. The minimum atomic E-state index is 0.243. The van der Waals surface area contributed by atoms with E-state index < -0.39 is 0 Å². The van der Waals surface area contributed by atoms with Gasteiger partial charge in [-0.15, -0.1) is 0 Å². The molecule has 0 aliphatic carbocycles. The van der Waals surface area contributed by atoms with Gasteiger partial charge in [0.15, 0.2) is 0 Å². The zero-order valence-corrected chi connectivity index (χ0v) is 11.5. The molecule has 18 heavy (non-hydrogen) atoms. The van der Waals surface area contributed by atoms with Crippen LogP contribution in [0.1, 0.15) is 25.8 Å². The van der Waals surface area contributed by atoms with Crippen LogP contribution in [0.25, 0.3) is 0 Å². The van der Waals surface area contributed by atoms with Crippen molar-refractivity contribution >= 4 is 11.6 Å². The van der Waals surface area contributed by atoms with Gasteiger partial charge in [-0.2, -0.15) is 0 Å². The minimum Gasteiger partial charge on any atom is -0.311 e. The number of amides is 1. The predicted molar refractivity (Wildman–Crippen MR) is 74.6 cm³/mol. The summed E-state index contributed by atoms with van der Waals surface area (Å²) in [6.07, 6.45) is 0.623. The van der Waals surface area contributed by atoms with E-state index in [2.05, 4.69) is 37.9 Å². The molecule has 1 amide bonds. The van der Waals surface area contributed by atoms with Crippen molar-refractivity contribution in [2.75, 3.05) is 25.0 Å². The predicted octanol–water partition coefficient (Wildman–Crippen LogP) is 2.51. The summed E-state index contributed by atoms with van der Waals surface area (Å²) >= 11 is 0. The third-order valence-electron chi connectivity index (χ3n) is 3.31. The largest absolute Gasteiger partial charge is 0.311 e. The second-order valence-corrected chi connectivity index (χ2v) is 5.51. The van der Waals surface area contributed by atoms with E-state index >= 15 is 0 Å². The monoisotopic (exact) mass is 246 g/mol. The number of hydrogen-bond acceptors (Lipinski definition) is 2. The Morgan fingerprint density at radius 2 is 2.00 bits per heavy atom. The molecule has 0 radical (unpaired) electrons. The summed E-state index contributed by atoms with van der Waals surface area (Å²) in [5, 5.41) is 0. The van der Waals surface area contributed by atoms with Crippen molar-refractivity contribution in [2.45, 2.75) is 26.8 Å². The lowest BCUT2D eigenvalue weighted by Gasteiger charge is -2.23. The molecular weight excluding hydrogens is 224 g/mol. The Morgan fingerprint density at radius 3 is 2.72 bits per heavy atom. The summed E-state index contributed by atoms with van der Waals surface area (Å²) < 4.78 is 0. The third kappa shape index (κ3) is 2.91. The van der Waals surface area contributed by atoms with Crippen LogP contribution in [0.2, 0.25) is 0 Å². The van der Waals surface area contributed by atoms with E-state index in [4.69, 9.17) is 0 Å². The zero-order valence-electron chi connectivity index (χ0n) is 11.5. The van der Waals surface area contributed by atoms with Crippen LogP contribution in [0.15, 0.2) is 24.3 Å². The van der Waals surface area contributed by atoms with Crippen LogP contribution in [0, 0.1) is 5.92 Å². The Kier molecular flexibility index (Phi) is 4.02. The molecule has 0 saturated carbocycles. The van der Waals surface area contributed by atoms with Gasteiger partial charge in [0.05, 0.1) is 0 Å². The summed E-state index contributed by atoms with van der Waals surface area (Å²) in [5.41, 5.74) is 2.34. The van der Waals surface area contributed by atoms with E-state index in [0.29, 0.717) is 12.3 Å². The van der Waals surface area contributed by atoms with E-state index in [1.807, 2.05) is 17.0 Å². The topological polar surface area (TPSA) is 23.6 Å². The average Bonchev–Trinajstić information content (AvgIpc) is 2.46. The molecule has 1 aliphatic heterocycles. The molecule has 3 heteroatoms. The molecule has 98 valence electrons. The molecule has 1 aromatic rings. The highest BCUT2D eigenvalue weighted by atomic mass is 16.2. The highest BCUT2D eigenvalue weighted by Gasteiger charge is 2.22. The number of nitrogens with zero attached hydrogens (tertiary/aromatic N) is 2. The fourth-order valence-electron chi connectivity index (χ4n) is 2.39. The van der Waals surface area contributed by atoms with Crippen molar-refractivity contribution in [3.8, 4) is 0 Å². The molecule has 3 nitrogen and oxygen atoms in total. The maximum Gasteiger partial charge on any atom is 0.227 e. The first kappa shape index (κ1) is 13.1. The SMILES string of the molecule is CC(C)CC(=O)N1CCN(C)Cc2ccccc21. The smallest absolute Gasteiger partial charge is 0.227 e. The fourth-order valence-corrected chi connectivity index (χ4v) is 2.39. The second-order valence-electron chi connectivity index (χ2n) is 5.51. The van der Waals surface area contributed by atoms with Crippen LogP contribution in [-0.4, -0.2) is 30.9 Å². The molecule has 1 heterocycles. The van der Waals surface area contributed by atoms with Crippen molar-refractivity contribution in [3.05, 3.63) is 29.8 Å². The lowest BCUT2D eigenvalue weighted by molar-refractivity contribution is -0.119. The van der Waals surface area contributed by atoms with Crippen molar-refractivity contribution < 1.29 is 4.79 Å². The molecule has 1 aromatic carbocycles. The molecule has 0 fully saturated rings. The number of carbonyl (C=O) groups excluding carboxylic acids is 1. The number of rotatable bonds is 2. The second kappa shape index (κ2) is 5.53. The van der Waals surface area contributed by atoms with Crippen molar-refractivity contribution in [1.29, 1.82) is 0 Å². The van der Waals surface area contributed by atoms with Crippen LogP contribution in [-0.2, 0) is 11.3 Å². The lowest BCUT2D eigenvalue weighted by atomic mass is 10.1. The van der Waals surface area contributed by atoms with E-state index in [9.17, 15) is 4.79 Å². The maximum absolute atomic E-state index is 12.3. The maximum atomic E-state index is 12.3. The molecule has 0 spiro atoms. The number of fused-ring (bicyclic) bond motifs is 1. The van der Waals surface area contributed by atoms with Gasteiger partial charge in [0.2, 0.25) is 5.91 Å². The van der Waals surface area contributed by atoms with Crippen LogP contribution >= 0.6 is 0 Å². The first-order valence-corrected chi connectivity index (χ1v) is 6.64. The van der Waals surface area contributed by atoms with Crippen LogP contribution in [0.3, 0.4) is 0 Å². The van der Waals surface area contributed by atoms with Gasteiger partial charge >= 0.3 is 0 Å². The lowest BCUT2D eigenvalue weighted by Crippen LogP contribution is -2.35. The van der Waals surface area contributed by atoms with Crippen molar-refractivity contribution in [1.82, 2.24) is 4.90 Å². The number of benzene rings is 1. The molecule has 0 atom stereocenters. The highest BCUT2D eigenvalue weighted by molar-refractivity contribution is 5.94. The zero-order chi connectivity index (χ0) is 13.1. The quantitative estimate of drug-likeness (QED) is 0.800. The molecule has 0 saturated heterocycles. The Hall–Kier alpha value is -1.35. The highest BCUT2D eigenvalue weighted by Crippen LogP contribution is 2.25. The summed E-state index contributed by atoms with van der Waals surface area (Å²) in [5.74, 6) is 0.651. The molecule has 0 aromatic heterocycles. The van der Waals surface area contributed by atoms with Gasteiger partial charge < -0.3 is 9.80 Å². The molecular formula is C15H22N2O. The van der Waals surface area contributed by atoms with Gasteiger partial charge in [-0.05, 0) is 24.6 Å². The third-order valence-corrected chi connectivity index (χ3v) is 3.31. The van der Waals surface area contributed by atoms with Crippen LogP contribution < -0.4 is 4.90 Å². The first-order chi connectivity index (χ1) is 8.58. The molecule has 1 aliphatic rings. The molecule has 0 bridgehead atoms. The molecule has 0 unspecified atom stereocenters. The fraction of sp³-hybridized carbons (Fsp3) is 0.533. The van der Waals surface area contributed by atoms with Crippen LogP contribution in [0.5, 0.6) is 0 Å². The first-order valence-electron chi connectivity index (χ1n) is 6.64. The number of likely N-dealkylation sites (N-methyl/N-ethyl adjacent to an activating group) is 1. The van der Waals surface area contributed by atoms with Crippen molar-refractivity contribution in [2.24, 2.45) is 5.92 Å². The normalized spacial score (nSPS) is 16.6.